The van der Waals surface area contributed by atoms with Crippen LogP contribution in [0, 0.1) is 0 Å². The number of hydrogen-bond acceptors (Lipinski definition) is 4. The van der Waals surface area contributed by atoms with Gasteiger partial charge in [0.1, 0.15) is 17.6 Å². The number of nitrogens with zero attached hydrogens (tertiary/aromatic N) is 2. The van der Waals surface area contributed by atoms with Gasteiger partial charge in [0.25, 0.3) is 0 Å². The highest BCUT2D eigenvalue weighted by Gasteiger charge is 2.12. The Bertz CT molecular complexity index is 465. The van der Waals surface area contributed by atoms with Crippen molar-refractivity contribution < 1.29 is 14.7 Å². The summed E-state index contributed by atoms with van der Waals surface area (Å²) in [5.41, 5.74) is 0.117. The Morgan fingerprint density at radius 1 is 1.40 bits per heavy atom. The van der Waals surface area contributed by atoms with E-state index in [2.05, 4.69) is 4.98 Å². The molecule has 0 atom stereocenters. The molecule has 1 aromatic heterocycles. The molecule has 0 spiro atoms. The van der Waals surface area contributed by atoms with E-state index < -0.39 is 5.97 Å². The van der Waals surface area contributed by atoms with Crippen LogP contribution >= 0.6 is 0 Å². The van der Waals surface area contributed by atoms with Gasteiger partial charge in [-0.15, -0.1) is 0 Å². The lowest BCUT2D eigenvalue weighted by Gasteiger charge is -2.04. The van der Waals surface area contributed by atoms with Crippen LogP contribution in [0.2, 0.25) is 0 Å². The average Bonchev–Trinajstić information content (AvgIpc) is 2.71. The first-order valence-electron chi connectivity index (χ1n) is 4.26. The highest BCUT2D eigenvalue weighted by Crippen LogP contribution is 2.15. The maximum atomic E-state index is 11.5. The molecule has 0 radical (unpaired) electrons. The van der Waals surface area contributed by atoms with Crippen molar-refractivity contribution >= 4 is 5.97 Å². The van der Waals surface area contributed by atoms with E-state index in [-0.39, 0.29) is 11.3 Å². The maximum absolute atomic E-state index is 11.5. The first-order chi connectivity index (χ1) is 7.27. The quantitative estimate of drug-likeness (QED) is 0.787. The molecule has 0 amide bonds. The first kappa shape index (κ1) is 9.26. The Balaban J connectivity index is 2.19. The summed E-state index contributed by atoms with van der Waals surface area (Å²) < 4.78 is 1.16. The van der Waals surface area contributed by atoms with E-state index in [9.17, 15) is 9.90 Å². The summed E-state index contributed by atoms with van der Waals surface area (Å²) in [5, 5.41) is 9.38. The maximum Gasteiger partial charge on any atom is 0.367 e. The molecule has 0 bridgehead atoms. The van der Waals surface area contributed by atoms with Crippen molar-refractivity contribution in [2.75, 3.05) is 0 Å². The van der Waals surface area contributed by atoms with Crippen molar-refractivity contribution in [1.29, 1.82) is 0 Å². The van der Waals surface area contributed by atoms with E-state index >= 15 is 0 Å². The summed E-state index contributed by atoms with van der Waals surface area (Å²) in [4.78, 5) is 20.1. The van der Waals surface area contributed by atoms with Gasteiger partial charge in [-0.05, 0) is 12.1 Å². The van der Waals surface area contributed by atoms with Crippen molar-refractivity contribution in [3.63, 3.8) is 0 Å². The lowest BCUT2D eigenvalue weighted by molar-refractivity contribution is 0.0457. The number of aromatic nitrogens is 2. The van der Waals surface area contributed by atoms with Gasteiger partial charge < -0.3 is 9.94 Å². The average molecular weight is 204 g/mol. The van der Waals surface area contributed by atoms with Crippen LogP contribution in [0.15, 0.2) is 43.0 Å². The Kier molecular flexibility index (Phi) is 2.37. The van der Waals surface area contributed by atoms with Crippen LogP contribution in [0.1, 0.15) is 10.4 Å². The van der Waals surface area contributed by atoms with Crippen molar-refractivity contribution in [1.82, 2.24) is 9.71 Å². The van der Waals surface area contributed by atoms with Crippen LogP contribution in [0.5, 0.6) is 5.75 Å². The van der Waals surface area contributed by atoms with E-state index in [1.807, 2.05) is 0 Å². The minimum absolute atomic E-state index is 0.109. The summed E-state index contributed by atoms with van der Waals surface area (Å²) >= 11 is 0. The zero-order chi connectivity index (χ0) is 10.7. The van der Waals surface area contributed by atoms with Crippen LogP contribution < -0.4 is 4.84 Å². The fourth-order valence-corrected chi connectivity index (χ4v) is 1.09. The summed E-state index contributed by atoms with van der Waals surface area (Å²) in [6.45, 7) is 0. The van der Waals surface area contributed by atoms with Crippen LogP contribution in [0.25, 0.3) is 0 Å². The lowest BCUT2D eigenvalue weighted by atomic mass is 10.2. The molecule has 2 aromatic rings. The molecule has 0 saturated heterocycles. The van der Waals surface area contributed by atoms with Crippen molar-refractivity contribution in [3.05, 3.63) is 48.5 Å². The Morgan fingerprint density at radius 2 is 2.20 bits per heavy atom. The highest BCUT2D eigenvalue weighted by atomic mass is 16.7. The highest BCUT2D eigenvalue weighted by molar-refractivity contribution is 5.92. The second-order valence-electron chi connectivity index (χ2n) is 2.82. The normalized spacial score (nSPS) is 9.87. The molecule has 1 heterocycles. The van der Waals surface area contributed by atoms with Gasteiger partial charge in [0.2, 0.25) is 0 Å². The van der Waals surface area contributed by atoms with Crippen molar-refractivity contribution in [3.8, 4) is 5.75 Å². The van der Waals surface area contributed by atoms with Crippen molar-refractivity contribution in [2.45, 2.75) is 0 Å². The zero-order valence-electron chi connectivity index (χ0n) is 7.70. The summed E-state index contributed by atoms with van der Waals surface area (Å²) in [6.07, 6.45) is 4.31. The molecule has 2 rings (SSSR count). The molecule has 1 N–H and O–H groups in total. The van der Waals surface area contributed by atoms with E-state index in [0.717, 1.165) is 4.73 Å². The molecule has 76 valence electrons. The monoisotopic (exact) mass is 204 g/mol. The largest absolute Gasteiger partial charge is 0.507 e. The Morgan fingerprint density at radius 3 is 2.87 bits per heavy atom. The van der Waals surface area contributed by atoms with E-state index in [1.165, 1.54) is 30.9 Å². The van der Waals surface area contributed by atoms with Gasteiger partial charge in [0, 0.05) is 6.20 Å². The van der Waals surface area contributed by atoms with Gasteiger partial charge in [0.15, 0.2) is 0 Å². The van der Waals surface area contributed by atoms with Crippen LogP contribution in [0.3, 0.4) is 0 Å². The number of phenolic OH excluding ortho intramolecular Hbond substituents is 1. The predicted molar refractivity (Wildman–Crippen MR) is 51.2 cm³/mol. The minimum atomic E-state index is -0.633. The van der Waals surface area contributed by atoms with Gasteiger partial charge in [0.05, 0.1) is 6.20 Å². The van der Waals surface area contributed by atoms with Crippen LogP contribution in [0.4, 0.5) is 0 Å². The second kappa shape index (κ2) is 3.83. The van der Waals surface area contributed by atoms with Crippen LogP contribution in [-0.2, 0) is 0 Å². The lowest BCUT2D eigenvalue weighted by Crippen LogP contribution is -2.18. The topological polar surface area (TPSA) is 64.4 Å². The number of phenols is 1. The van der Waals surface area contributed by atoms with Crippen LogP contribution in [-0.4, -0.2) is 20.8 Å². The molecule has 0 aliphatic heterocycles. The third-order valence-electron chi connectivity index (χ3n) is 1.79. The smallest absolute Gasteiger partial charge is 0.367 e. The Hall–Kier alpha value is -2.30. The molecule has 5 heteroatoms. The molecule has 0 fully saturated rings. The summed E-state index contributed by atoms with van der Waals surface area (Å²) in [6, 6.07) is 6.17. The number of para-hydroxylation sites is 1. The fraction of sp³-hybridized carbons (Fsp3) is 0. The van der Waals surface area contributed by atoms with E-state index in [1.54, 1.807) is 12.1 Å². The number of carbonyl (C=O) groups is 1. The summed E-state index contributed by atoms with van der Waals surface area (Å²) in [5.74, 6) is -0.742. The summed E-state index contributed by atoms with van der Waals surface area (Å²) in [7, 11) is 0. The van der Waals surface area contributed by atoms with Gasteiger partial charge in [-0.1, -0.05) is 12.1 Å². The SMILES string of the molecule is O=C(On1ccnc1)c1ccccc1O. The fourth-order valence-electron chi connectivity index (χ4n) is 1.09. The number of rotatable bonds is 2. The van der Waals surface area contributed by atoms with Crippen molar-refractivity contribution in [2.24, 2.45) is 0 Å². The Labute approximate surface area is 85.5 Å². The molecule has 15 heavy (non-hydrogen) atoms. The molecular weight excluding hydrogens is 196 g/mol. The number of imidazole rings is 1. The molecule has 0 unspecified atom stereocenters. The van der Waals surface area contributed by atoms with Gasteiger partial charge in [-0.2, -0.15) is 4.73 Å². The second-order valence-corrected chi connectivity index (χ2v) is 2.82. The number of hydrogen-bond donors (Lipinski definition) is 1. The van der Waals surface area contributed by atoms with E-state index in [4.69, 9.17) is 4.84 Å². The standard InChI is InChI=1S/C10H8N2O3/c13-9-4-2-1-3-8(9)10(14)15-12-6-5-11-7-12/h1-7,13H. The first-order valence-corrected chi connectivity index (χ1v) is 4.26. The molecule has 5 nitrogen and oxygen atoms in total. The zero-order valence-corrected chi connectivity index (χ0v) is 7.70. The molecule has 0 aliphatic rings. The molecule has 0 saturated carbocycles. The number of benzene rings is 1. The molecule has 0 aliphatic carbocycles. The van der Waals surface area contributed by atoms with E-state index in [0.29, 0.717) is 0 Å². The number of aromatic hydroxyl groups is 1. The third kappa shape index (κ3) is 1.96. The molecule has 1 aromatic carbocycles. The molecular formula is C10H8N2O3. The van der Waals surface area contributed by atoms with Gasteiger partial charge >= 0.3 is 5.97 Å². The van der Waals surface area contributed by atoms with Gasteiger partial charge in [-0.3, -0.25) is 0 Å². The third-order valence-corrected chi connectivity index (χ3v) is 1.79. The predicted octanol–water partition coefficient (Wildman–Crippen LogP) is 0.858. The van der Waals surface area contributed by atoms with Gasteiger partial charge in [-0.25, -0.2) is 9.78 Å². The minimum Gasteiger partial charge on any atom is -0.507 e. The number of carbonyl (C=O) groups excluding carboxylic acids is 1.